The largest absolute Gasteiger partial charge is 0.294 e. The van der Waals surface area contributed by atoms with Gasteiger partial charge in [0.1, 0.15) is 0 Å². The van der Waals surface area contributed by atoms with Crippen molar-refractivity contribution in [2.45, 2.75) is 6.92 Å². The summed E-state index contributed by atoms with van der Waals surface area (Å²) in [6.07, 6.45) is 0. The summed E-state index contributed by atoms with van der Waals surface area (Å²) in [7, 11) is 0. The highest BCUT2D eigenvalue weighted by molar-refractivity contribution is 6.34. The summed E-state index contributed by atoms with van der Waals surface area (Å²) in [5.41, 5.74) is 0.298. The molecule has 0 atom stereocenters. The van der Waals surface area contributed by atoms with E-state index in [-0.39, 0.29) is 16.1 Å². The molecule has 1 aromatic heterocycles. The number of hydrogen-bond acceptors (Lipinski definition) is 3. The summed E-state index contributed by atoms with van der Waals surface area (Å²) in [6.45, 7) is 1.39. The molecule has 1 heterocycles. The second-order valence-electron chi connectivity index (χ2n) is 1.93. The average Bonchev–Trinajstić information content (AvgIpc) is 1.94. The lowest BCUT2D eigenvalue weighted by Crippen LogP contribution is -1.97. The molecule has 0 saturated heterocycles. The number of carbonyl (C=O) groups excluding carboxylic acids is 1. The molecule has 0 N–H and O–H groups in total. The molecule has 5 heteroatoms. The summed E-state index contributed by atoms with van der Waals surface area (Å²) in [5, 5.41) is 7.17. The van der Waals surface area contributed by atoms with Gasteiger partial charge in [-0.1, -0.05) is 23.2 Å². The molecule has 0 bridgehead atoms. The molecule has 0 radical (unpaired) electrons. The molecule has 0 amide bonds. The van der Waals surface area contributed by atoms with Gasteiger partial charge in [-0.2, -0.15) is 0 Å². The zero-order chi connectivity index (χ0) is 8.43. The van der Waals surface area contributed by atoms with Crippen LogP contribution in [0.1, 0.15) is 17.3 Å². The first-order valence-electron chi connectivity index (χ1n) is 2.81. The lowest BCUT2D eigenvalue weighted by molar-refractivity contribution is 0.101. The highest BCUT2D eigenvalue weighted by atomic mass is 35.5. The van der Waals surface area contributed by atoms with Crippen LogP contribution >= 0.6 is 23.2 Å². The lowest BCUT2D eigenvalue weighted by Gasteiger charge is -1.96. The Morgan fingerprint density at radius 2 is 2.09 bits per heavy atom. The SMILES string of the molecule is CC(=O)c1cc(Cl)nnc1Cl. The van der Waals surface area contributed by atoms with E-state index in [0.29, 0.717) is 5.56 Å². The Hall–Kier alpha value is -0.670. The van der Waals surface area contributed by atoms with Gasteiger partial charge in [0.05, 0.1) is 5.56 Å². The van der Waals surface area contributed by atoms with Crippen molar-refractivity contribution >= 4 is 29.0 Å². The predicted molar refractivity (Wildman–Crippen MR) is 42.1 cm³/mol. The molecule has 3 nitrogen and oxygen atoms in total. The molecule has 11 heavy (non-hydrogen) atoms. The molecule has 0 aliphatic heterocycles. The smallest absolute Gasteiger partial charge is 0.163 e. The van der Waals surface area contributed by atoms with Crippen molar-refractivity contribution in [1.82, 2.24) is 10.2 Å². The van der Waals surface area contributed by atoms with Crippen LogP contribution in [0.2, 0.25) is 10.3 Å². The molecule has 0 aliphatic carbocycles. The number of carbonyl (C=O) groups is 1. The molecule has 0 spiro atoms. The lowest BCUT2D eigenvalue weighted by atomic mass is 10.2. The number of hydrogen-bond donors (Lipinski definition) is 0. The van der Waals surface area contributed by atoms with Gasteiger partial charge in [-0.3, -0.25) is 4.79 Å². The van der Waals surface area contributed by atoms with E-state index < -0.39 is 0 Å². The summed E-state index contributed by atoms with van der Waals surface area (Å²) >= 11 is 11.0. The van der Waals surface area contributed by atoms with Gasteiger partial charge >= 0.3 is 0 Å². The summed E-state index contributed by atoms with van der Waals surface area (Å²) in [6, 6.07) is 1.39. The van der Waals surface area contributed by atoms with Crippen LogP contribution in [0.5, 0.6) is 0 Å². The van der Waals surface area contributed by atoms with E-state index in [1.807, 2.05) is 0 Å². The van der Waals surface area contributed by atoms with Crippen molar-refractivity contribution < 1.29 is 4.79 Å². The Balaban J connectivity index is 3.23. The number of ketones is 1. The molecule has 1 rings (SSSR count). The molecular formula is C6H4Cl2N2O. The molecule has 0 saturated carbocycles. The van der Waals surface area contributed by atoms with Crippen molar-refractivity contribution in [3.63, 3.8) is 0 Å². The maximum Gasteiger partial charge on any atom is 0.163 e. The van der Waals surface area contributed by atoms with Crippen LogP contribution in [0.4, 0.5) is 0 Å². The highest BCUT2D eigenvalue weighted by Crippen LogP contribution is 2.15. The first kappa shape index (κ1) is 8.43. The average molecular weight is 191 g/mol. The first-order chi connectivity index (χ1) is 5.11. The minimum Gasteiger partial charge on any atom is -0.294 e. The number of nitrogens with zero attached hydrogens (tertiary/aromatic N) is 2. The molecule has 0 unspecified atom stereocenters. The Kier molecular flexibility index (Phi) is 2.42. The Morgan fingerprint density at radius 1 is 1.45 bits per heavy atom. The fourth-order valence-corrected chi connectivity index (χ4v) is 0.972. The molecule has 0 aliphatic rings. The van der Waals surface area contributed by atoms with Crippen LogP contribution in [0.15, 0.2) is 6.07 Å². The van der Waals surface area contributed by atoms with Gasteiger partial charge in [0.2, 0.25) is 0 Å². The van der Waals surface area contributed by atoms with Gasteiger partial charge in [-0.15, -0.1) is 10.2 Å². The van der Waals surface area contributed by atoms with Crippen molar-refractivity contribution in [2.75, 3.05) is 0 Å². The maximum atomic E-state index is 10.8. The second kappa shape index (κ2) is 3.15. The summed E-state index contributed by atoms with van der Waals surface area (Å²) < 4.78 is 0. The van der Waals surface area contributed by atoms with E-state index in [1.54, 1.807) is 0 Å². The number of halogens is 2. The van der Waals surface area contributed by atoms with Crippen LogP contribution in [0, 0.1) is 0 Å². The van der Waals surface area contributed by atoms with Crippen LogP contribution in [-0.2, 0) is 0 Å². The second-order valence-corrected chi connectivity index (χ2v) is 2.67. The summed E-state index contributed by atoms with van der Waals surface area (Å²) in [5.74, 6) is -0.174. The van der Waals surface area contributed by atoms with Crippen molar-refractivity contribution in [2.24, 2.45) is 0 Å². The summed E-state index contributed by atoms with van der Waals surface area (Å²) in [4.78, 5) is 10.8. The normalized spacial score (nSPS) is 9.73. The van der Waals surface area contributed by atoms with E-state index in [9.17, 15) is 4.79 Å². The zero-order valence-electron chi connectivity index (χ0n) is 5.64. The zero-order valence-corrected chi connectivity index (χ0v) is 7.15. The molecule has 0 fully saturated rings. The third kappa shape index (κ3) is 1.88. The van der Waals surface area contributed by atoms with Gasteiger partial charge < -0.3 is 0 Å². The molecule has 58 valence electrons. The first-order valence-corrected chi connectivity index (χ1v) is 3.56. The van der Waals surface area contributed by atoms with Gasteiger partial charge in [0, 0.05) is 0 Å². The number of Topliss-reactive ketones (excluding diaryl/α,β-unsaturated/α-hetero) is 1. The van der Waals surface area contributed by atoms with Gasteiger partial charge in [0.25, 0.3) is 0 Å². The fourth-order valence-electron chi connectivity index (χ4n) is 0.600. The Morgan fingerprint density at radius 3 is 2.55 bits per heavy atom. The van der Waals surface area contributed by atoms with Crippen LogP contribution in [0.25, 0.3) is 0 Å². The van der Waals surface area contributed by atoms with E-state index in [1.165, 1.54) is 13.0 Å². The fraction of sp³-hybridized carbons (Fsp3) is 0.167. The standard InChI is InChI=1S/C6H4Cl2N2O/c1-3(11)4-2-5(7)9-10-6(4)8/h2H,1H3. The van der Waals surface area contributed by atoms with Crippen molar-refractivity contribution in [3.05, 3.63) is 21.9 Å². The van der Waals surface area contributed by atoms with E-state index in [0.717, 1.165) is 0 Å². The molecule has 0 aromatic carbocycles. The predicted octanol–water partition coefficient (Wildman–Crippen LogP) is 1.99. The minimum absolute atomic E-state index is 0.0851. The quantitative estimate of drug-likeness (QED) is 0.637. The number of rotatable bonds is 1. The van der Waals surface area contributed by atoms with Crippen molar-refractivity contribution in [1.29, 1.82) is 0 Å². The number of aromatic nitrogens is 2. The van der Waals surface area contributed by atoms with Crippen molar-refractivity contribution in [3.8, 4) is 0 Å². The van der Waals surface area contributed by atoms with Crippen LogP contribution in [-0.4, -0.2) is 16.0 Å². The van der Waals surface area contributed by atoms with Gasteiger partial charge in [0.15, 0.2) is 16.1 Å². The topological polar surface area (TPSA) is 42.9 Å². The van der Waals surface area contributed by atoms with E-state index in [2.05, 4.69) is 10.2 Å². The van der Waals surface area contributed by atoms with Gasteiger partial charge in [-0.05, 0) is 13.0 Å². The monoisotopic (exact) mass is 190 g/mol. The van der Waals surface area contributed by atoms with Gasteiger partial charge in [-0.25, -0.2) is 0 Å². The Labute approximate surface area is 73.3 Å². The molecular weight excluding hydrogens is 187 g/mol. The Bertz CT molecular complexity index is 301. The van der Waals surface area contributed by atoms with E-state index >= 15 is 0 Å². The third-order valence-corrected chi connectivity index (χ3v) is 1.56. The third-order valence-electron chi connectivity index (χ3n) is 1.10. The van der Waals surface area contributed by atoms with Crippen LogP contribution < -0.4 is 0 Å². The van der Waals surface area contributed by atoms with Crippen LogP contribution in [0.3, 0.4) is 0 Å². The molecule has 1 aromatic rings. The maximum absolute atomic E-state index is 10.8. The van der Waals surface area contributed by atoms with E-state index in [4.69, 9.17) is 23.2 Å². The minimum atomic E-state index is -0.174. The highest BCUT2D eigenvalue weighted by Gasteiger charge is 2.07.